The van der Waals surface area contributed by atoms with Crippen molar-refractivity contribution in [2.45, 2.75) is 19.9 Å². The number of para-hydroxylation sites is 1. The van der Waals surface area contributed by atoms with E-state index in [9.17, 15) is 0 Å². The van der Waals surface area contributed by atoms with Gasteiger partial charge in [0.1, 0.15) is 5.84 Å². The van der Waals surface area contributed by atoms with E-state index in [0.29, 0.717) is 18.5 Å². The summed E-state index contributed by atoms with van der Waals surface area (Å²) in [5, 5.41) is 3.19. The summed E-state index contributed by atoms with van der Waals surface area (Å²) in [6, 6.07) is 6.23. The van der Waals surface area contributed by atoms with E-state index in [2.05, 4.69) is 34.1 Å². The molecule has 0 spiro atoms. The number of imidazole rings is 1. The predicted octanol–water partition coefficient (Wildman–Crippen LogP) is 1.22. The second kappa shape index (κ2) is 4.97. The maximum Gasteiger partial charge on any atom is 0.129 e. The Balaban J connectivity index is 2.24. The standard InChI is InChI=1S/C12H17N5/c1-8(2)14-6-17-12(13)9-4-3-5-10-11(9)16-7-15-10/h3-5,7-8,14H,6H2,1-2H3,(H2,13,17)(H,15,16). The lowest BCUT2D eigenvalue weighted by molar-refractivity contribution is 0.603. The van der Waals surface area contributed by atoms with Gasteiger partial charge in [0, 0.05) is 11.6 Å². The van der Waals surface area contributed by atoms with E-state index in [1.165, 1.54) is 0 Å². The van der Waals surface area contributed by atoms with Crippen molar-refractivity contribution in [1.82, 2.24) is 15.3 Å². The van der Waals surface area contributed by atoms with Crippen LogP contribution >= 0.6 is 0 Å². The zero-order valence-corrected chi connectivity index (χ0v) is 10.1. The largest absolute Gasteiger partial charge is 0.383 e. The van der Waals surface area contributed by atoms with Crippen LogP contribution < -0.4 is 11.1 Å². The minimum Gasteiger partial charge on any atom is -0.383 e. The van der Waals surface area contributed by atoms with Crippen LogP contribution in [0, 0.1) is 0 Å². The minimum atomic E-state index is 0.396. The van der Waals surface area contributed by atoms with E-state index in [-0.39, 0.29) is 0 Å². The Labute approximate surface area is 100 Å². The number of hydrogen-bond acceptors (Lipinski definition) is 3. The van der Waals surface area contributed by atoms with E-state index in [4.69, 9.17) is 5.73 Å². The molecule has 0 unspecified atom stereocenters. The van der Waals surface area contributed by atoms with Crippen LogP contribution in [-0.2, 0) is 0 Å². The molecule has 0 atom stereocenters. The Hall–Kier alpha value is -1.88. The maximum absolute atomic E-state index is 5.96. The Morgan fingerprint density at radius 1 is 1.53 bits per heavy atom. The second-order valence-electron chi connectivity index (χ2n) is 4.16. The number of nitrogens with one attached hydrogen (secondary N) is 2. The molecule has 1 aromatic heterocycles. The molecule has 5 nitrogen and oxygen atoms in total. The van der Waals surface area contributed by atoms with E-state index >= 15 is 0 Å². The molecule has 0 amide bonds. The normalized spacial score (nSPS) is 12.5. The number of nitrogens with zero attached hydrogens (tertiary/aromatic N) is 2. The van der Waals surface area contributed by atoms with Gasteiger partial charge < -0.3 is 10.7 Å². The van der Waals surface area contributed by atoms with Gasteiger partial charge in [-0.05, 0) is 26.0 Å². The van der Waals surface area contributed by atoms with Crippen molar-refractivity contribution in [3.05, 3.63) is 30.1 Å². The first-order chi connectivity index (χ1) is 8.18. The number of H-pyrrole nitrogens is 1. The molecule has 1 aromatic carbocycles. The van der Waals surface area contributed by atoms with Crippen LogP contribution in [0.4, 0.5) is 0 Å². The average molecular weight is 231 g/mol. The summed E-state index contributed by atoms with van der Waals surface area (Å²) >= 11 is 0. The van der Waals surface area contributed by atoms with Crippen LogP contribution in [0.2, 0.25) is 0 Å². The summed E-state index contributed by atoms with van der Waals surface area (Å²) in [7, 11) is 0. The lowest BCUT2D eigenvalue weighted by Crippen LogP contribution is -2.25. The Kier molecular flexibility index (Phi) is 3.39. The fourth-order valence-corrected chi connectivity index (χ4v) is 1.57. The third-order valence-electron chi connectivity index (χ3n) is 2.47. The topological polar surface area (TPSA) is 79.1 Å². The number of benzene rings is 1. The average Bonchev–Trinajstić information content (AvgIpc) is 2.75. The first-order valence-corrected chi connectivity index (χ1v) is 5.64. The zero-order valence-electron chi connectivity index (χ0n) is 10.1. The van der Waals surface area contributed by atoms with Crippen LogP contribution in [0.5, 0.6) is 0 Å². The number of nitrogens with two attached hydrogens (primary N) is 1. The number of hydrogen-bond donors (Lipinski definition) is 3. The molecule has 4 N–H and O–H groups in total. The summed E-state index contributed by atoms with van der Waals surface area (Å²) in [6.45, 7) is 4.66. The summed E-state index contributed by atoms with van der Waals surface area (Å²) in [6.07, 6.45) is 1.66. The van der Waals surface area contributed by atoms with E-state index in [1.54, 1.807) is 6.33 Å². The first-order valence-electron chi connectivity index (χ1n) is 5.64. The highest BCUT2D eigenvalue weighted by atomic mass is 15.0. The number of aliphatic imine (C=N–C) groups is 1. The van der Waals surface area contributed by atoms with Gasteiger partial charge in [-0.3, -0.25) is 10.3 Å². The molecule has 0 aliphatic rings. The van der Waals surface area contributed by atoms with Gasteiger partial charge in [-0.2, -0.15) is 0 Å². The van der Waals surface area contributed by atoms with Gasteiger partial charge in [0.25, 0.3) is 0 Å². The molecule has 0 radical (unpaired) electrons. The highest BCUT2D eigenvalue weighted by molar-refractivity contribution is 6.06. The van der Waals surface area contributed by atoms with Crippen molar-refractivity contribution in [2.24, 2.45) is 10.7 Å². The number of aromatic nitrogens is 2. The van der Waals surface area contributed by atoms with Gasteiger partial charge in [0.2, 0.25) is 0 Å². The minimum absolute atomic E-state index is 0.396. The summed E-state index contributed by atoms with van der Waals surface area (Å²) in [4.78, 5) is 11.6. The highest BCUT2D eigenvalue weighted by Crippen LogP contribution is 2.13. The van der Waals surface area contributed by atoms with Gasteiger partial charge >= 0.3 is 0 Å². The van der Waals surface area contributed by atoms with Crippen LogP contribution in [-0.4, -0.2) is 28.5 Å². The number of rotatable bonds is 4. The molecule has 5 heteroatoms. The molecule has 17 heavy (non-hydrogen) atoms. The molecule has 0 saturated heterocycles. The molecule has 2 rings (SSSR count). The molecule has 1 heterocycles. The number of aromatic amines is 1. The van der Waals surface area contributed by atoms with Crippen LogP contribution in [0.25, 0.3) is 11.0 Å². The molecule has 0 aliphatic heterocycles. The van der Waals surface area contributed by atoms with Gasteiger partial charge in [0.05, 0.1) is 24.0 Å². The van der Waals surface area contributed by atoms with Crippen LogP contribution in [0.1, 0.15) is 19.4 Å². The Morgan fingerprint density at radius 2 is 2.35 bits per heavy atom. The van der Waals surface area contributed by atoms with E-state index in [1.807, 2.05) is 18.2 Å². The van der Waals surface area contributed by atoms with Crippen molar-refractivity contribution < 1.29 is 0 Å². The summed E-state index contributed by atoms with van der Waals surface area (Å²) in [5.74, 6) is 0.510. The molecule has 90 valence electrons. The van der Waals surface area contributed by atoms with E-state index < -0.39 is 0 Å². The fraction of sp³-hybridized carbons (Fsp3) is 0.333. The van der Waals surface area contributed by atoms with Gasteiger partial charge in [-0.1, -0.05) is 6.07 Å². The third-order valence-corrected chi connectivity index (χ3v) is 2.47. The van der Waals surface area contributed by atoms with Crippen molar-refractivity contribution in [3.8, 4) is 0 Å². The quantitative estimate of drug-likeness (QED) is 0.547. The molecule has 0 aliphatic carbocycles. The maximum atomic E-state index is 5.96. The molecule has 0 bridgehead atoms. The van der Waals surface area contributed by atoms with Crippen molar-refractivity contribution in [2.75, 3.05) is 6.67 Å². The highest BCUT2D eigenvalue weighted by Gasteiger charge is 2.06. The molecule has 0 fully saturated rings. The lowest BCUT2D eigenvalue weighted by Gasteiger charge is -2.06. The Morgan fingerprint density at radius 3 is 3.12 bits per heavy atom. The van der Waals surface area contributed by atoms with Crippen LogP contribution in [0.3, 0.4) is 0 Å². The first kappa shape index (κ1) is 11.6. The molecular weight excluding hydrogens is 214 g/mol. The smallest absolute Gasteiger partial charge is 0.129 e. The Bertz CT molecular complexity index is 526. The van der Waals surface area contributed by atoms with Gasteiger partial charge in [-0.15, -0.1) is 0 Å². The van der Waals surface area contributed by atoms with Gasteiger partial charge in [-0.25, -0.2) is 4.98 Å². The SMILES string of the molecule is CC(C)NCN=C(N)c1cccc2[nH]cnc12. The number of amidine groups is 1. The van der Waals surface area contributed by atoms with Crippen LogP contribution in [0.15, 0.2) is 29.5 Å². The third kappa shape index (κ3) is 2.62. The molecule has 0 saturated carbocycles. The summed E-state index contributed by atoms with van der Waals surface area (Å²) < 4.78 is 0. The molecule has 2 aromatic rings. The zero-order chi connectivity index (χ0) is 12.3. The number of fused-ring (bicyclic) bond motifs is 1. The monoisotopic (exact) mass is 231 g/mol. The second-order valence-corrected chi connectivity index (χ2v) is 4.16. The predicted molar refractivity (Wildman–Crippen MR) is 70.0 cm³/mol. The van der Waals surface area contributed by atoms with Crippen molar-refractivity contribution in [3.63, 3.8) is 0 Å². The van der Waals surface area contributed by atoms with Crippen molar-refractivity contribution in [1.29, 1.82) is 0 Å². The lowest BCUT2D eigenvalue weighted by atomic mass is 10.1. The summed E-state index contributed by atoms with van der Waals surface area (Å²) in [5.41, 5.74) is 8.66. The fourth-order valence-electron chi connectivity index (χ4n) is 1.57. The van der Waals surface area contributed by atoms with E-state index in [0.717, 1.165) is 16.6 Å². The van der Waals surface area contributed by atoms with Gasteiger partial charge in [0.15, 0.2) is 0 Å². The molecular formula is C12H17N5. The van der Waals surface area contributed by atoms with Crippen molar-refractivity contribution >= 4 is 16.9 Å².